The minimum absolute atomic E-state index is 0.00504. The van der Waals surface area contributed by atoms with E-state index in [2.05, 4.69) is 11.8 Å². The number of carbonyl (C=O) groups excluding carboxylic acids is 2. The smallest absolute Gasteiger partial charge is 0.355 e. The lowest BCUT2D eigenvalue weighted by atomic mass is 10.0. The molecule has 0 saturated carbocycles. The normalized spacial score (nSPS) is 15.1. The maximum Gasteiger partial charge on any atom is 0.355 e. The molecule has 5 nitrogen and oxygen atoms in total. The number of carbonyl (C=O) groups is 2. The Labute approximate surface area is 168 Å². The summed E-state index contributed by atoms with van der Waals surface area (Å²) < 4.78 is 22.7. The Hall–Kier alpha value is -3.85. The van der Waals surface area contributed by atoms with Gasteiger partial charge in [0.25, 0.3) is 0 Å². The largest absolute Gasteiger partial charge is 0.466 e. The van der Waals surface area contributed by atoms with E-state index in [-0.39, 0.29) is 11.5 Å². The SMILES string of the molecule is COC(=O)/C=C(\C(=O)OC)N1c2ccccc2C=CC1C#Cc1ccc(F)cc1. The van der Waals surface area contributed by atoms with Crippen LogP contribution in [0, 0.1) is 17.7 Å². The van der Waals surface area contributed by atoms with E-state index in [1.165, 1.54) is 26.4 Å². The highest BCUT2D eigenvalue weighted by atomic mass is 19.1. The summed E-state index contributed by atoms with van der Waals surface area (Å²) in [7, 11) is 2.46. The van der Waals surface area contributed by atoms with E-state index in [1.54, 1.807) is 17.0 Å². The minimum Gasteiger partial charge on any atom is -0.466 e. The average Bonchev–Trinajstić information content (AvgIpc) is 2.76. The van der Waals surface area contributed by atoms with Gasteiger partial charge in [0.1, 0.15) is 17.6 Å². The van der Waals surface area contributed by atoms with Gasteiger partial charge in [0.15, 0.2) is 0 Å². The van der Waals surface area contributed by atoms with Crippen molar-refractivity contribution in [2.75, 3.05) is 19.1 Å². The Morgan fingerprint density at radius 1 is 1.07 bits per heavy atom. The number of methoxy groups -OCH3 is 2. The zero-order valence-corrected chi connectivity index (χ0v) is 15.9. The third kappa shape index (κ3) is 4.53. The first-order chi connectivity index (χ1) is 14.0. The topological polar surface area (TPSA) is 55.8 Å². The Bertz CT molecular complexity index is 1040. The number of rotatable bonds is 3. The standard InChI is InChI=1S/C23H18FNO4/c1-28-22(26)15-21(23(27)29-2)25-19(13-9-16-7-11-18(24)12-8-16)14-10-17-5-3-4-6-20(17)25/h3-8,10-12,14-15,19H,1-2H3/b21-15+. The monoisotopic (exact) mass is 391 g/mol. The number of esters is 2. The molecule has 29 heavy (non-hydrogen) atoms. The van der Waals surface area contributed by atoms with Crippen LogP contribution in [0.5, 0.6) is 0 Å². The molecule has 1 heterocycles. The van der Waals surface area contributed by atoms with E-state index >= 15 is 0 Å². The minimum atomic E-state index is -0.700. The number of fused-ring (bicyclic) bond motifs is 1. The molecule has 2 aromatic carbocycles. The molecule has 0 fully saturated rings. The van der Waals surface area contributed by atoms with Crippen LogP contribution < -0.4 is 4.90 Å². The maximum absolute atomic E-state index is 13.1. The molecule has 0 bridgehead atoms. The maximum atomic E-state index is 13.1. The lowest BCUT2D eigenvalue weighted by molar-refractivity contribution is -0.138. The average molecular weight is 391 g/mol. The Morgan fingerprint density at radius 3 is 2.48 bits per heavy atom. The van der Waals surface area contributed by atoms with E-state index < -0.39 is 18.0 Å². The first-order valence-corrected chi connectivity index (χ1v) is 8.75. The second-order valence-corrected chi connectivity index (χ2v) is 6.05. The highest BCUT2D eigenvalue weighted by molar-refractivity contribution is 6.00. The molecule has 1 unspecified atom stereocenters. The van der Waals surface area contributed by atoms with Gasteiger partial charge in [-0.1, -0.05) is 36.1 Å². The molecule has 0 aromatic heterocycles. The van der Waals surface area contributed by atoms with Gasteiger partial charge >= 0.3 is 11.9 Å². The second-order valence-electron chi connectivity index (χ2n) is 6.05. The number of halogens is 1. The van der Waals surface area contributed by atoms with Crippen LogP contribution in [0.25, 0.3) is 6.08 Å². The van der Waals surface area contributed by atoms with Crippen LogP contribution in [-0.4, -0.2) is 32.2 Å². The molecule has 0 N–H and O–H groups in total. The van der Waals surface area contributed by atoms with Gasteiger partial charge in [-0.3, -0.25) is 0 Å². The second kappa shape index (κ2) is 8.89. The quantitative estimate of drug-likeness (QED) is 0.457. The predicted octanol–water partition coefficient (Wildman–Crippen LogP) is 3.31. The Kier molecular flexibility index (Phi) is 6.10. The van der Waals surface area contributed by atoms with Crippen molar-refractivity contribution in [3.05, 3.63) is 83.3 Å². The molecule has 146 valence electrons. The first-order valence-electron chi connectivity index (χ1n) is 8.75. The molecule has 1 aliphatic rings. The van der Waals surface area contributed by atoms with Gasteiger partial charge in [-0.05, 0) is 42.0 Å². The van der Waals surface area contributed by atoms with Crippen LogP contribution in [0.3, 0.4) is 0 Å². The summed E-state index contributed by atoms with van der Waals surface area (Å²) in [5.74, 6) is 4.30. The molecule has 6 heteroatoms. The summed E-state index contributed by atoms with van der Waals surface area (Å²) >= 11 is 0. The van der Waals surface area contributed by atoms with E-state index in [9.17, 15) is 14.0 Å². The number of benzene rings is 2. The highest BCUT2D eigenvalue weighted by Crippen LogP contribution is 2.32. The summed E-state index contributed by atoms with van der Waals surface area (Å²) in [5.41, 5.74) is 2.16. The van der Waals surface area contributed by atoms with Gasteiger partial charge < -0.3 is 14.4 Å². The summed E-state index contributed by atoms with van der Waals surface area (Å²) in [6.45, 7) is 0. The lowest BCUT2D eigenvalue weighted by Gasteiger charge is -2.33. The van der Waals surface area contributed by atoms with Crippen molar-refractivity contribution in [3.63, 3.8) is 0 Å². The Morgan fingerprint density at radius 2 is 1.79 bits per heavy atom. The van der Waals surface area contributed by atoms with E-state index in [4.69, 9.17) is 9.47 Å². The van der Waals surface area contributed by atoms with Crippen LogP contribution in [0.15, 0.2) is 66.4 Å². The predicted molar refractivity (Wildman–Crippen MR) is 107 cm³/mol. The zero-order chi connectivity index (χ0) is 20.8. The molecule has 3 rings (SSSR count). The molecule has 2 aromatic rings. The van der Waals surface area contributed by atoms with Crippen LogP contribution in [0.4, 0.5) is 10.1 Å². The fraction of sp³-hybridized carbons (Fsp3) is 0.130. The molecular formula is C23H18FNO4. The molecular weight excluding hydrogens is 373 g/mol. The fourth-order valence-electron chi connectivity index (χ4n) is 2.86. The fourth-order valence-corrected chi connectivity index (χ4v) is 2.86. The number of ether oxygens (including phenoxy) is 2. The summed E-state index contributed by atoms with van der Waals surface area (Å²) in [5, 5.41) is 0. The Balaban J connectivity index is 2.10. The first kappa shape index (κ1) is 19.9. The van der Waals surface area contributed by atoms with Crippen molar-refractivity contribution < 1.29 is 23.5 Å². The number of nitrogens with zero attached hydrogens (tertiary/aromatic N) is 1. The highest BCUT2D eigenvalue weighted by Gasteiger charge is 2.29. The van der Waals surface area contributed by atoms with Crippen LogP contribution >= 0.6 is 0 Å². The molecule has 1 aliphatic heterocycles. The van der Waals surface area contributed by atoms with E-state index in [0.29, 0.717) is 11.3 Å². The summed E-state index contributed by atoms with van der Waals surface area (Å²) in [4.78, 5) is 26.0. The molecule has 0 amide bonds. The van der Waals surface area contributed by atoms with Crippen LogP contribution in [0.2, 0.25) is 0 Å². The van der Waals surface area contributed by atoms with Crippen molar-refractivity contribution >= 4 is 23.7 Å². The molecule has 0 saturated heterocycles. The number of hydrogen-bond donors (Lipinski definition) is 0. The van der Waals surface area contributed by atoms with Crippen LogP contribution in [-0.2, 0) is 19.1 Å². The van der Waals surface area contributed by atoms with Gasteiger partial charge in [-0.2, -0.15) is 0 Å². The third-order valence-corrected chi connectivity index (χ3v) is 4.25. The molecule has 0 radical (unpaired) electrons. The van der Waals surface area contributed by atoms with E-state index in [0.717, 1.165) is 11.6 Å². The van der Waals surface area contributed by atoms with Crippen molar-refractivity contribution in [1.29, 1.82) is 0 Å². The number of anilines is 1. The number of hydrogen-bond acceptors (Lipinski definition) is 5. The molecule has 0 aliphatic carbocycles. The van der Waals surface area contributed by atoms with Crippen molar-refractivity contribution in [1.82, 2.24) is 0 Å². The van der Waals surface area contributed by atoms with Gasteiger partial charge in [0.05, 0.1) is 26.0 Å². The van der Waals surface area contributed by atoms with Crippen molar-refractivity contribution in [2.45, 2.75) is 6.04 Å². The van der Waals surface area contributed by atoms with Gasteiger partial charge in [0, 0.05) is 5.56 Å². The summed E-state index contributed by atoms with van der Waals surface area (Å²) in [6, 6.07) is 12.6. The van der Waals surface area contributed by atoms with Gasteiger partial charge in [0.2, 0.25) is 0 Å². The van der Waals surface area contributed by atoms with Gasteiger partial charge in [-0.25, -0.2) is 14.0 Å². The summed E-state index contributed by atoms with van der Waals surface area (Å²) in [6.07, 6.45) is 4.78. The van der Waals surface area contributed by atoms with Crippen LogP contribution in [0.1, 0.15) is 11.1 Å². The zero-order valence-electron chi connectivity index (χ0n) is 15.9. The van der Waals surface area contributed by atoms with E-state index in [1.807, 2.05) is 36.4 Å². The van der Waals surface area contributed by atoms with Crippen molar-refractivity contribution in [2.24, 2.45) is 0 Å². The molecule has 1 atom stereocenters. The number of para-hydroxylation sites is 1. The lowest BCUT2D eigenvalue weighted by Crippen LogP contribution is -2.38. The molecule has 0 spiro atoms. The van der Waals surface area contributed by atoms with Gasteiger partial charge in [-0.15, -0.1) is 0 Å². The third-order valence-electron chi connectivity index (χ3n) is 4.25. The van der Waals surface area contributed by atoms with Crippen molar-refractivity contribution in [3.8, 4) is 11.8 Å².